The van der Waals surface area contributed by atoms with E-state index < -0.39 is 0 Å². The summed E-state index contributed by atoms with van der Waals surface area (Å²) in [6.07, 6.45) is 0.835. The van der Waals surface area contributed by atoms with E-state index in [1.165, 1.54) is 0 Å². The molecule has 1 fully saturated rings. The second-order valence-electron chi connectivity index (χ2n) is 3.59. The molecule has 14 heavy (non-hydrogen) atoms. The van der Waals surface area contributed by atoms with Crippen LogP contribution >= 0.6 is 15.9 Å². The van der Waals surface area contributed by atoms with Gasteiger partial charge in [-0.2, -0.15) is 0 Å². The van der Waals surface area contributed by atoms with Gasteiger partial charge < -0.3 is 4.74 Å². The Kier molecular flexibility index (Phi) is 2.59. The standard InChI is InChI=1S/C11H11BrO2/c1-7-5-10(11(13)14-7)8-3-2-4-9(12)6-8/h2-4,6-7,10H,5H2,1H3. The average molecular weight is 255 g/mol. The van der Waals surface area contributed by atoms with E-state index in [4.69, 9.17) is 4.74 Å². The number of rotatable bonds is 1. The summed E-state index contributed by atoms with van der Waals surface area (Å²) >= 11 is 3.39. The fourth-order valence-electron chi connectivity index (χ4n) is 1.75. The summed E-state index contributed by atoms with van der Waals surface area (Å²) in [5.41, 5.74) is 1.04. The highest BCUT2D eigenvalue weighted by atomic mass is 79.9. The SMILES string of the molecule is CC1CC(c2cccc(Br)c2)C(=O)O1. The van der Waals surface area contributed by atoms with Gasteiger partial charge in [0.2, 0.25) is 0 Å². The highest BCUT2D eigenvalue weighted by Gasteiger charge is 2.32. The predicted octanol–water partition coefficient (Wildman–Crippen LogP) is 2.87. The summed E-state index contributed by atoms with van der Waals surface area (Å²) in [5, 5.41) is 0. The third-order valence-electron chi connectivity index (χ3n) is 2.42. The molecule has 3 heteroatoms. The van der Waals surface area contributed by atoms with Crippen LogP contribution in [0.2, 0.25) is 0 Å². The Balaban J connectivity index is 2.27. The summed E-state index contributed by atoms with van der Waals surface area (Å²) in [5.74, 6) is -0.182. The number of carbonyl (C=O) groups excluding carboxylic acids is 1. The zero-order valence-corrected chi connectivity index (χ0v) is 9.45. The monoisotopic (exact) mass is 254 g/mol. The molecule has 0 amide bonds. The Morgan fingerprint density at radius 1 is 1.50 bits per heavy atom. The minimum absolute atomic E-state index is 0.0477. The molecule has 1 aliphatic rings. The number of ether oxygens (including phenoxy) is 1. The fourth-order valence-corrected chi connectivity index (χ4v) is 2.17. The molecular formula is C11H11BrO2. The molecule has 0 spiro atoms. The summed E-state index contributed by atoms with van der Waals surface area (Å²) < 4.78 is 6.12. The van der Waals surface area contributed by atoms with Gasteiger partial charge in [-0.1, -0.05) is 28.1 Å². The number of benzene rings is 1. The molecular weight excluding hydrogens is 244 g/mol. The van der Waals surface area contributed by atoms with Crippen LogP contribution in [0, 0.1) is 0 Å². The van der Waals surface area contributed by atoms with Crippen molar-refractivity contribution in [2.75, 3.05) is 0 Å². The topological polar surface area (TPSA) is 26.3 Å². The average Bonchev–Trinajstić information content (AvgIpc) is 2.45. The first kappa shape index (κ1) is 9.71. The Hall–Kier alpha value is -0.830. The highest BCUT2D eigenvalue weighted by Crippen LogP contribution is 2.31. The van der Waals surface area contributed by atoms with Crippen LogP contribution in [0.15, 0.2) is 28.7 Å². The first-order valence-electron chi connectivity index (χ1n) is 4.63. The van der Waals surface area contributed by atoms with Crippen molar-refractivity contribution in [3.63, 3.8) is 0 Å². The summed E-state index contributed by atoms with van der Waals surface area (Å²) in [7, 11) is 0. The van der Waals surface area contributed by atoms with Gasteiger partial charge >= 0.3 is 5.97 Å². The van der Waals surface area contributed by atoms with Gasteiger partial charge in [-0.25, -0.2) is 0 Å². The molecule has 2 nitrogen and oxygen atoms in total. The summed E-state index contributed by atoms with van der Waals surface area (Å²) in [6.45, 7) is 1.93. The van der Waals surface area contributed by atoms with Crippen LogP contribution in [0.4, 0.5) is 0 Å². The van der Waals surface area contributed by atoms with E-state index in [9.17, 15) is 4.79 Å². The van der Waals surface area contributed by atoms with Crippen molar-refractivity contribution in [3.05, 3.63) is 34.3 Å². The van der Waals surface area contributed by atoms with E-state index in [0.717, 1.165) is 16.5 Å². The van der Waals surface area contributed by atoms with E-state index in [1.54, 1.807) is 0 Å². The fraction of sp³-hybridized carbons (Fsp3) is 0.364. The van der Waals surface area contributed by atoms with Crippen molar-refractivity contribution in [3.8, 4) is 0 Å². The maximum absolute atomic E-state index is 11.5. The van der Waals surface area contributed by atoms with E-state index in [1.807, 2.05) is 31.2 Å². The highest BCUT2D eigenvalue weighted by molar-refractivity contribution is 9.10. The number of cyclic esters (lactones) is 1. The Bertz CT molecular complexity index is 362. The number of halogens is 1. The molecule has 1 aromatic rings. The van der Waals surface area contributed by atoms with Crippen molar-refractivity contribution in [1.29, 1.82) is 0 Å². The molecule has 0 aliphatic carbocycles. The van der Waals surface area contributed by atoms with Crippen molar-refractivity contribution < 1.29 is 9.53 Å². The normalized spacial score (nSPS) is 26.3. The van der Waals surface area contributed by atoms with Crippen LogP contribution in [-0.4, -0.2) is 12.1 Å². The van der Waals surface area contributed by atoms with E-state index in [2.05, 4.69) is 15.9 Å². The van der Waals surface area contributed by atoms with Crippen LogP contribution in [0.3, 0.4) is 0 Å². The third-order valence-corrected chi connectivity index (χ3v) is 2.91. The maximum Gasteiger partial charge on any atom is 0.313 e. The second-order valence-corrected chi connectivity index (χ2v) is 4.51. The molecule has 0 radical (unpaired) electrons. The molecule has 74 valence electrons. The molecule has 1 saturated heterocycles. The van der Waals surface area contributed by atoms with E-state index in [0.29, 0.717) is 0 Å². The second kappa shape index (κ2) is 3.73. The molecule has 2 atom stereocenters. The van der Waals surface area contributed by atoms with E-state index >= 15 is 0 Å². The lowest BCUT2D eigenvalue weighted by Gasteiger charge is -2.05. The van der Waals surface area contributed by atoms with Crippen LogP contribution in [-0.2, 0) is 9.53 Å². The number of carbonyl (C=O) groups is 1. The number of hydrogen-bond donors (Lipinski definition) is 0. The van der Waals surface area contributed by atoms with Gasteiger partial charge in [-0.15, -0.1) is 0 Å². The van der Waals surface area contributed by atoms with Crippen LogP contribution in [0.25, 0.3) is 0 Å². The van der Waals surface area contributed by atoms with E-state index in [-0.39, 0.29) is 18.0 Å². The van der Waals surface area contributed by atoms with Crippen LogP contribution in [0.1, 0.15) is 24.8 Å². The largest absolute Gasteiger partial charge is 0.462 e. The molecule has 1 aliphatic heterocycles. The molecule has 0 bridgehead atoms. The third kappa shape index (κ3) is 1.82. The quantitative estimate of drug-likeness (QED) is 0.721. The Labute approximate surface area is 91.4 Å². The lowest BCUT2D eigenvalue weighted by atomic mass is 9.96. The van der Waals surface area contributed by atoms with Crippen molar-refractivity contribution in [1.82, 2.24) is 0 Å². The maximum atomic E-state index is 11.5. The van der Waals surface area contributed by atoms with Gasteiger partial charge in [0, 0.05) is 10.9 Å². The number of hydrogen-bond acceptors (Lipinski definition) is 2. The van der Waals surface area contributed by atoms with Gasteiger partial charge in [0.05, 0.1) is 5.92 Å². The van der Waals surface area contributed by atoms with Gasteiger partial charge in [0.1, 0.15) is 6.10 Å². The predicted molar refractivity (Wildman–Crippen MR) is 57.1 cm³/mol. The molecule has 1 aromatic carbocycles. The van der Waals surface area contributed by atoms with Crippen LogP contribution < -0.4 is 0 Å². The smallest absolute Gasteiger partial charge is 0.313 e. The van der Waals surface area contributed by atoms with Crippen LogP contribution in [0.5, 0.6) is 0 Å². The minimum Gasteiger partial charge on any atom is -0.462 e. The zero-order chi connectivity index (χ0) is 10.1. The van der Waals surface area contributed by atoms with Crippen molar-refractivity contribution >= 4 is 21.9 Å². The Morgan fingerprint density at radius 3 is 2.86 bits per heavy atom. The van der Waals surface area contributed by atoms with Gasteiger partial charge in [-0.05, 0) is 24.6 Å². The lowest BCUT2D eigenvalue weighted by molar-refractivity contribution is -0.141. The molecule has 0 N–H and O–H groups in total. The summed E-state index contributed by atoms with van der Waals surface area (Å²) in [4.78, 5) is 11.5. The molecule has 0 aromatic heterocycles. The molecule has 0 saturated carbocycles. The zero-order valence-electron chi connectivity index (χ0n) is 7.87. The molecule has 2 unspecified atom stereocenters. The lowest BCUT2D eigenvalue weighted by Crippen LogP contribution is -2.05. The first-order valence-corrected chi connectivity index (χ1v) is 5.42. The first-order chi connectivity index (χ1) is 6.66. The molecule has 2 rings (SSSR count). The van der Waals surface area contributed by atoms with Gasteiger partial charge in [0.15, 0.2) is 0 Å². The molecule has 1 heterocycles. The van der Waals surface area contributed by atoms with Gasteiger partial charge in [-0.3, -0.25) is 4.79 Å². The van der Waals surface area contributed by atoms with Crippen molar-refractivity contribution in [2.24, 2.45) is 0 Å². The Morgan fingerprint density at radius 2 is 2.29 bits per heavy atom. The van der Waals surface area contributed by atoms with Crippen molar-refractivity contribution in [2.45, 2.75) is 25.4 Å². The minimum atomic E-state index is -0.101. The summed E-state index contributed by atoms with van der Waals surface area (Å²) in [6, 6.07) is 7.83. The number of esters is 1. The van der Waals surface area contributed by atoms with Gasteiger partial charge in [0.25, 0.3) is 0 Å².